The maximum Gasteiger partial charge on any atom is 0.228 e. The molecule has 2 heterocycles. The summed E-state index contributed by atoms with van der Waals surface area (Å²) in [6, 6.07) is 16.8. The van der Waals surface area contributed by atoms with Crippen molar-refractivity contribution in [3.05, 3.63) is 66.0 Å². The first kappa shape index (κ1) is 18.0. The quantitative estimate of drug-likeness (QED) is 0.743. The summed E-state index contributed by atoms with van der Waals surface area (Å²) in [6.07, 6.45) is 5.74. The fourth-order valence-electron chi connectivity index (χ4n) is 4.60. The van der Waals surface area contributed by atoms with Crippen LogP contribution in [0.4, 0.5) is 5.69 Å². The summed E-state index contributed by atoms with van der Waals surface area (Å²) in [5, 5.41) is 14.3. The molecule has 1 atom stereocenters. The third kappa shape index (κ3) is 3.78. The molecule has 0 bridgehead atoms. The van der Waals surface area contributed by atoms with Crippen LogP contribution < -0.4 is 5.32 Å². The van der Waals surface area contributed by atoms with Gasteiger partial charge in [0.1, 0.15) is 6.33 Å². The standard InChI is InChI=1S/C22H24N6O/c29-22(24-19-8-3-9-20(13-19)28-15-23-25-26-28)18-7-4-10-27(14-18)21-11-16-5-1-2-6-17(16)12-21/h1-3,5-6,8-9,13,15,18,21H,4,7,10-12,14H2,(H,24,29)/t18-/m0/s1. The van der Waals surface area contributed by atoms with Gasteiger partial charge in [-0.3, -0.25) is 9.69 Å². The largest absolute Gasteiger partial charge is 0.326 e. The number of likely N-dealkylation sites (tertiary alicyclic amines) is 1. The van der Waals surface area contributed by atoms with E-state index in [0.717, 1.165) is 50.1 Å². The average molecular weight is 388 g/mol. The van der Waals surface area contributed by atoms with Gasteiger partial charge in [0.15, 0.2) is 0 Å². The molecule has 1 aromatic heterocycles. The van der Waals surface area contributed by atoms with Gasteiger partial charge in [-0.15, -0.1) is 5.10 Å². The van der Waals surface area contributed by atoms with Gasteiger partial charge < -0.3 is 5.32 Å². The molecule has 0 spiro atoms. The molecule has 7 nitrogen and oxygen atoms in total. The maximum absolute atomic E-state index is 13.0. The van der Waals surface area contributed by atoms with Crippen molar-refractivity contribution in [1.82, 2.24) is 25.1 Å². The van der Waals surface area contributed by atoms with Gasteiger partial charge in [0, 0.05) is 18.3 Å². The van der Waals surface area contributed by atoms with Crippen molar-refractivity contribution in [2.24, 2.45) is 5.92 Å². The highest BCUT2D eigenvalue weighted by molar-refractivity contribution is 5.93. The highest BCUT2D eigenvalue weighted by Crippen LogP contribution is 2.29. The first-order valence-electron chi connectivity index (χ1n) is 10.2. The third-order valence-electron chi connectivity index (χ3n) is 6.10. The number of amides is 1. The molecule has 0 radical (unpaired) electrons. The predicted octanol–water partition coefficient (Wildman–Crippen LogP) is 2.48. The fourth-order valence-corrected chi connectivity index (χ4v) is 4.60. The number of carbonyl (C=O) groups excluding carboxylic acids is 1. The smallest absolute Gasteiger partial charge is 0.228 e. The van der Waals surface area contributed by atoms with E-state index < -0.39 is 0 Å². The molecule has 1 saturated heterocycles. The van der Waals surface area contributed by atoms with Crippen LogP contribution in [0.2, 0.25) is 0 Å². The van der Waals surface area contributed by atoms with E-state index in [9.17, 15) is 4.79 Å². The van der Waals surface area contributed by atoms with Crippen LogP contribution in [-0.2, 0) is 17.6 Å². The Morgan fingerprint density at radius 2 is 1.90 bits per heavy atom. The Morgan fingerprint density at radius 3 is 2.66 bits per heavy atom. The number of fused-ring (bicyclic) bond motifs is 1. The number of rotatable bonds is 4. The molecule has 0 unspecified atom stereocenters. The number of nitrogens with one attached hydrogen (secondary N) is 1. The zero-order valence-electron chi connectivity index (χ0n) is 16.2. The molecule has 1 amide bonds. The first-order chi connectivity index (χ1) is 14.3. The van der Waals surface area contributed by atoms with Crippen molar-refractivity contribution >= 4 is 11.6 Å². The van der Waals surface area contributed by atoms with Gasteiger partial charge in [-0.25, -0.2) is 4.68 Å². The molecule has 2 aromatic carbocycles. The number of anilines is 1. The highest BCUT2D eigenvalue weighted by atomic mass is 16.1. The van der Waals surface area contributed by atoms with Gasteiger partial charge in [0.25, 0.3) is 0 Å². The Hall–Kier alpha value is -3.06. The van der Waals surface area contributed by atoms with Gasteiger partial charge in [-0.05, 0) is 72.0 Å². The van der Waals surface area contributed by atoms with E-state index in [1.165, 1.54) is 11.1 Å². The molecule has 1 N–H and O–H groups in total. The van der Waals surface area contributed by atoms with Crippen molar-refractivity contribution in [2.75, 3.05) is 18.4 Å². The summed E-state index contributed by atoms with van der Waals surface area (Å²) in [4.78, 5) is 15.5. The van der Waals surface area contributed by atoms with Crippen molar-refractivity contribution in [2.45, 2.75) is 31.7 Å². The van der Waals surface area contributed by atoms with Crippen molar-refractivity contribution < 1.29 is 4.79 Å². The van der Waals surface area contributed by atoms with Crippen LogP contribution in [0.1, 0.15) is 24.0 Å². The molecule has 1 aliphatic heterocycles. The number of nitrogens with zero attached hydrogens (tertiary/aromatic N) is 5. The molecule has 29 heavy (non-hydrogen) atoms. The molecular formula is C22H24N6O. The van der Waals surface area contributed by atoms with Gasteiger partial charge >= 0.3 is 0 Å². The summed E-state index contributed by atoms with van der Waals surface area (Å²) < 4.78 is 1.58. The number of aromatic nitrogens is 4. The van der Waals surface area contributed by atoms with E-state index in [4.69, 9.17) is 0 Å². The minimum atomic E-state index is 0.0177. The van der Waals surface area contributed by atoms with E-state index in [1.54, 1.807) is 11.0 Å². The second kappa shape index (κ2) is 7.75. The SMILES string of the molecule is O=C(Nc1cccc(-n2cnnn2)c1)[C@H]1CCCN(C2Cc3ccccc3C2)C1. The number of hydrogen-bond donors (Lipinski definition) is 1. The highest BCUT2D eigenvalue weighted by Gasteiger charge is 2.32. The number of tetrazole rings is 1. The Morgan fingerprint density at radius 1 is 1.07 bits per heavy atom. The van der Waals surface area contributed by atoms with Crippen LogP contribution >= 0.6 is 0 Å². The Bertz CT molecular complexity index is 977. The molecular weight excluding hydrogens is 364 g/mol. The molecule has 3 aromatic rings. The van der Waals surface area contributed by atoms with Crippen molar-refractivity contribution in [3.63, 3.8) is 0 Å². The lowest BCUT2D eigenvalue weighted by Crippen LogP contribution is -2.46. The van der Waals surface area contributed by atoms with E-state index in [0.29, 0.717) is 6.04 Å². The molecule has 5 rings (SSSR count). The lowest BCUT2D eigenvalue weighted by Gasteiger charge is -2.36. The van der Waals surface area contributed by atoms with Crippen LogP contribution in [0.5, 0.6) is 0 Å². The maximum atomic E-state index is 13.0. The Labute approximate surface area is 169 Å². The lowest BCUT2D eigenvalue weighted by molar-refractivity contribution is -0.121. The lowest BCUT2D eigenvalue weighted by atomic mass is 9.95. The van der Waals surface area contributed by atoms with E-state index >= 15 is 0 Å². The summed E-state index contributed by atoms with van der Waals surface area (Å²) in [6.45, 7) is 1.91. The topological polar surface area (TPSA) is 75.9 Å². The van der Waals surface area contributed by atoms with Gasteiger partial charge in [-0.1, -0.05) is 30.3 Å². The molecule has 1 fully saturated rings. The second-order valence-electron chi connectivity index (χ2n) is 7.96. The predicted molar refractivity (Wildman–Crippen MR) is 110 cm³/mol. The van der Waals surface area contributed by atoms with E-state index in [1.807, 2.05) is 24.3 Å². The van der Waals surface area contributed by atoms with E-state index in [2.05, 4.69) is 50.0 Å². The van der Waals surface area contributed by atoms with Gasteiger partial charge in [-0.2, -0.15) is 0 Å². The first-order valence-corrected chi connectivity index (χ1v) is 10.2. The van der Waals surface area contributed by atoms with Gasteiger partial charge in [0.05, 0.1) is 11.6 Å². The average Bonchev–Trinajstić information content (AvgIpc) is 3.44. The Kier molecular flexibility index (Phi) is 4.81. The number of benzene rings is 2. The van der Waals surface area contributed by atoms with Crippen molar-refractivity contribution in [1.29, 1.82) is 0 Å². The minimum Gasteiger partial charge on any atom is -0.326 e. The summed E-state index contributed by atoms with van der Waals surface area (Å²) in [7, 11) is 0. The minimum absolute atomic E-state index is 0.0177. The summed E-state index contributed by atoms with van der Waals surface area (Å²) in [5.74, 6) is 0.114. The van der Waals surface area contributed by atoms with Crippen LogP contribution in [-0.4, -0.2) is 50.1 Å². The molecule has 0 saturated carbocycles. The molecule has 2 aliphatic rings. The van der Waals surface area contributed by atoms with Crippen LogP contribution in [0.25, 0.3) is 5.69 Å². The number of piperidine rings is 1. The Balaban J connectivity index is 1.23. The van der Waals surface area contributed by atoms with Crippen LogP contribution in [0, 0.1) is 5.92 Å². The number of hydrogen-bond acceptors (Lipinski definition) is 5. The second-order valence-corrected chi connectivity index (χ2v) is 7.96. The van der Waals surface area contributed by atoms with Crippen molar-refractivity contribution in [3.8, 4) is 5.69 Å². The zero-order valence-corrected chi connectivity index (χ0v) is 16.2. The van der Waals surface area contributed by atoms with Crippen LogP contribution in [0.15, 0.2) is 54.9 Å². The third-order valence-corrected chi connectivity index (χ3v) is 6.10. The summed E-state index contributed by atoms with van der Waals surface area (Å²) >= 11 is 0. The molecule has 7 heteroatoms. The molecule has 1 aliphatic carbocycles. The normalized spacial score (nSPS) is 19.8. The van der Waals surface area contributed by atoms with Crippen LogP contribution in [0.3, 0.4) is 0 Å². The zero-order chi connectivity index (χ0) is 19.6. The number of carbonyl (C=O) groups is 1. The van der Waals surface area contributed by atoms with Gasteiger partial charge in [0.2, 0.25) is 5.91 Å². The van der Waals surface area contributed by atoms with E-state index in [-0.39, 0.29) is 11.8 Å². The fraction of sp³-hybridized carbons (Fsp3) is 0.364. The molecule has 148 valence electrons. The monoisotopic (exact) mass is 388 g/mol. The summed E-state index contributed by atoms with van der Waals surface area (Å²) in [5.41, 5.74) is 4.52.